The fraction of sp³-hybridized carbons (Fsp3) is 0.222. The SMILES string of the molecule is C[C@@H](OC(=O)CCc1ccccc1)c1ccc(C#N)cc1. The minimum Gasteiger partial charge on any atom is -0.458 e. The van der Waals surface area contributed by atoms with Crippen LogP contribution in [0.4, 0.5) is 0 Å². The minimum atomic E-state index is -0.305. The lowest BCUT2D eigenvalue weighted by Gasteiger charge is -2.13. The van der Waals surface area contributed by atoms with Crippen molar-refractivity contribution in [2.75, 3.05) is 0 Å². The smallest absolute Gasteiger partial charge is 0.306 e. The normalized spacial score (nSPS) is 11.4. The standard InChI is InChI=1S/C18H17NO2/c1-14(17-10-7-16(13-19)8-11-17)21-18(20)12-9-15-5-3-2-4-6-15/h2-8,10-11,14H,9,12H2,1H3/t14-/m1/s1. The Morgan fingerprint density at radius 2 is 1.81 bits per heavy atom. The van der Waals surface area contributed by atoms with Gasteiger partial charge in [-0.25, -0.2) is 0 Å². The molecule has 0 aliphatic carbocycles. The van der Waals surface area contributed by atoms with Crippen LogP contribution < -0.4 is 0 Å². The largest absolute Gasteiger partial charge is 0.458 e. The summed E-state index contributed by atoms with van der Waals surface area (Å²) in [5.41, 5.74) is 2.61. The van der Waals surface area contributed by atoms with Crippen LogP contribution >= 0.6 is 0 Å². The Labute approximate surface area is 124 Å². The van der Waals surface area contributed by atoms with Crippen LogP contribution in [0.25, 0.3) is 0 Å². The van der Waals surface area contributed by atoms with Crippen LogP contribution in [-0.4, -0.2) is 5.97 Å². The number of carbonyl (C=O) groups excluding carboxylic acids is 1. The first-order valence-corrected chi connectivity index (χ1v) is 6.92. The first-order chi connectivity index (χ1) is 10.2. The summed E-state index contributed by atoms with van der Waals surface area (Å²) in [7, 11) is 0. The highest BCUT2D eigenvalue weighted by Gasteiger charge is 2.11. The number of carbonyl (C=O) groups is 1. The Hall–Kier alpha value is -2.60. The van der Waals surface area contributed by atoms with Crippen molar-refractivity contribution in [3.8, 4) is 6.07 Å². The van der Waals surface area contributed by atoms with Gasteiger partial charge in [0.05, 0.1) is 11.6 Å². The van der Waals surface area contributed by atoms with E-state index in [-0.39, 0.29) is 12.1 Å². The lowest BCUT2D eigenvalue weighted by atomic mass is 10.1. The maximum atomic E-state index is 11.8. The van der Waals surface area contributed by atoms with Crippen molar-refractivity contribution in [2.45, 2.75) is 25.9 Å². The number of rotatable bonds is 5. The van der Waals surface area contributed by atoms with Gasteiger partial charge in [0.15, 0.2) is 0 Å². The van der Waals surface area contributed by atoms with E-state index in [1.54, 1.807) is 12.1 Å². The second-order valence-corrected chi connectivity index (χ2v) is 4.85. The first-order valence-electron chi connectivity index (χ1n) is 6.92. The third kappa shape index (κ3) is 4.47. The summed E-state index contributed by atoms with van der Waals surface area (Å²) in [6.45, 7) is 1.84. The van der Waals surface area contributed by atoms with E-state index in [4.69, 9.17) is 10.00 Å². The second kappa shape index (κ2) is 7.25. The zero-order valence-corrected chi connectivity index (χ0v) is 12.0. The molecule has 3 heteroatoms. The highest BCUT2D eigenvalue weighted by molar-refractivity contribution is 5.70. The van der Waals surface area contributed by atoms with E-state index in [1.807, 2.05) is 49.4 Å². The average molecular weight is 279 g/mol. The molecule has 0 saturated carbocycles. The van der Waals surface area contributed by atoms with Gasteiger partial charge in [-0.1, -0.05) is 42.5 Å². The van der Waals surface area contributed by atoms with Crippen molar-refractivity contribution < 1.29 is 9.53 Å². The number of aryl methyl sites for hydroxylation is 1. The summed E-state index contributed by atoms with van der Waals surface area (Å²) in [6, 6.07) is 19.0. The molecule has 0 aliphatic heterocycles. The minimum absolute atomic E-state index is 0.212. The van der Waals surface area contributed by atoms with Crippen molar-refractivity contribution in [3.63, 3.8) is 0 Å². The predicted octanol–water partition coefficient (Wildman–Crippen LogP) is 3.80. The Morgan fingerprint density at radius 1 is 1.14 bits per heavy atom. The number of nitrogens with zero attached hydrogens (tertiary/aromatic N) is 1. The van der Waals surface area contributed by atoms with Gasteiger partial charge in [-0.2, -0.15) is 5.26 Å². The number of ether oxygens (including phenoxy) is 1. The molecule has 3 nitrogen and oxygen atoms in total. The second-order valence-electron chi connectivity index (χ2n) is 4.85. The molecule has 0 heterocycles. The molecule has 0 unspecified atom stereocenters. The quantitative estimate of drug-likeness (QED) is 0.782. The summed E-state index contributed by atoms with van der Waals surface area (Å²) in [6.07, 6.45) is 0.741. The van der Waals surface area contributed by atoms with E-state index < -0.39 is 0 Å². The molecule has 0 amide bonds. The Balaban J connectivity index is 1.85. The molecule has 106 valence electrons. The Morgan fingerprint density at radius 3 is 2.43 bits per heavy atom. The summed E-state index contributed by atoms with van der Waals surface area (Å²) in [5, 5.41) is 8.76. The zero-order valence-electron chi connectivity index (χ0n) is 12.0. The van der Waals surface area contributed by atoms with E-state index in [2.05, 4.69) is 6.07 Å². The van der Waals surface area contributed by atoms with Crippen molar-refractivity contribution in [1.29, 1.82) is 5.26 Å². The maximum Gasteiger partial charge on any atom is 0.306 e. The van der Waals surface area contributed by atoms with Crippen molar-refractivity contribution in [1.82, 2.24) is 0 Å². The van der Waals surface area contributed by atoms with Gasteiger partial charge < -0.3 is 4.74 Å². The van der Waals surface area contributed by atoms with Crippen molar-refractivity contribution in [3.05, 3.63) is 71.3 Å². The molecule has 21 heavy (non-hydrogen) atoms. The fourth-order valence-corrected chi connectivity index (χ4v) is 2.04. The number of hydrogen-bond acceptors (Lipinski definition) is 3. The van der Waals surface area contributed by atoms with Gasteiger partial charge in [-0.3, -0.25) is 4.79 Å². The van der Waals surface area contributed by atoms with Crippen LogP contribution in [0.2, 0.25) is 0 Å². The van der Waals surface area contributed by atoms with E-state index in [0.717, 1.165) is 11.1 Å². The molecule has 0 aromatic heterocycles. The first kappa shape index (κ1) is 14.8. The number of hydrogen-bond donors (Lipinski definition) is 0. The molecule has 0 radical (unpaired) electrons. The van der Waals surface area contributed by atoms with Gasteiger partial charge in [-0.05, 0) is 36.6 Å². The molecule has 0 spiro atoms. The summed E-state index contributed by atoms with van der Waals surface area (Å²) >= 11 is 0. The van der Waals surface area contributed by atoms with E-state index in [9.17, 15) is 4.79 Å². The van der Waals surface area contributed by atoms with Crippen LogP contribution in [0.1, 0.15) is 36.1 Å². The number of benzene rings is 2. The van der Waals surface area contributed by atoms with Gasteiger partial charge in [0, 0.05) is 6.42 Å². The van der Waals surface area contributed by atoms with Crippen LogP contribution in [0.3, 0.4) is 0 Å². The number of nitriles is 1. The van der Waals surface area contributed by atoms with Crippen LogP contribution in [0.15, 0.2) is 54.6 Å². The van der Waals surface area contributed by atoms with Crippen LogP contribution in [-0.2, 0) is 16.0 Å². The van der Waals surface area contributed by atoms with Gasteiger partial charge in [0.1, 0.15) is 6.10 Å². The molecule has 0 saturated heterocycles. The average Bonchev–Trinajstić information content (AvgIpc) is 2.54. The van der Waals surface area contributed by atoms with Crippen LogP contribution in [0.5, 0.6) is 0 Å². The highest BCUT2D eigenvalue weighted by atomic mass is 16.5. The van der Waals surface area contributed by atoms with Gasteiger partial charge in [0.2, 0.25) is 0 Å². The summed E-state index contributed by atoms with van der Waals surface area (Å²) in [4.78, 5) is 11.8. The topological polar surface area (TPSA) is 50.1 Å². The fourth-order valence-electron chi connectivity index (χ4n) is 2.04. The maximum absolute atomic E-state index is 11.8. The molecule has 0 N–H and O–H groups in total. The molecular weight excluding hydrogens is 262 g/mol. The lowest BCUT2D eigenvalue weighted by molar-refractivity contribution is -0.148. The summed E-state index contributed by atoms with van der Waals surface area (Å²) in [5.74, 6) is -0.212. The third-order valence-corrected chi connectivity index (χ3v) is 3.28. The van der Waals surface area contributed by atoms with Gasteiger partial charge >= 0.3 is 5.97 Å². The van der Waals surface area contributed by atoms with Gasteiger partial charge in [0.25, 0.3) is 0 Å². The van der Waals surface area contributed by atoms with E-state index >= 15 is 0 Å². The Kier molecular flexibility index (Phi) is 5.11. The molecule has 0 bridgehead atoms. The molecule has 1 atom stereocenters. The van der Waals surface area contributed by atoms with E-state index in [1.165, 1.54) is 0 Å². The third-order valence-electron chi connectivity index (χ3n) is 3.28. The number of esters is 1. The van der Waals surface area contributed by atoms with Crippen molar-refractivity contribution in [2.24, 2.45) is 0 Å². The molecule has 2 rings (SSSR count). The lowest BCUT2D eigenvalue weighted by Crippen LogP contribution is -2.09. The molecule has 0 aliphatic rings. The zero-order chi connectivity index (χ0) is 15.1. The van der Waals surface area contributed by atoms with Crippen LogP contribution in [0, 0.1) is 11.3 Å². The highest BCUT2D eigenvalue weighted by Crippen LogP contribution is 2.18. The molecule has 2 aromatic rings. The van der Waals surface area contributed by atoms with Crippen molar-refractivity contribution >= 4 is 5.97 Å². The molecule has 0 fully saturated rings. The predicted molar refractivity (Wildman–Crippen MR) is 80.4 cm³/mol. The molecular formula is C18H17NO2. The van der Waals surface area contributed by atoms with E-state index in [0.29, 0.717) is 18.4 Å². The monoisotopic (exact) mass is 279 g/mol. The molecule has 2 aromatic carbocycles. The Bertz CT molecular complexity index is 627. The van der Waals surface area contributed by atoms with Gasteiger partial charge in [-0.15, -0.1) is 0 Å². The summed E-state index contributed by atoms with van der Waals surface area (Å²) < 4.78 is 5.41.